The van der Waals surface area contributed by atoms with Crippen molar-refractivity contribution < 1.29 is 22.8 Å². The normalized spacial score (nSPS) is 17.1. The molecule has 1 aliphatic heterocycles. The lowest BCUT2D eigenvalue weighted by Gasteiger charge is -2.14. The smallest absolute Gasteiger partial charge is 0.343 e. The highest BCUT2D eigenvalue weighted by atomic mass is 35.5. The van der Waals surface area contributed by atoms with E-state index in [0.29, 0.717) is 17.3 Å². The van der Waals surface area contributed by atoms with Crippen molar-refractivity contribution >= 4 is 41.7 Å². The number of rotatable bonds is 4. The van der Waals surface area contributed by atoms with Crippen molar-refractivity contribution in [1.82, 2.24) is 10.6 Å². The highest BCUT2D eigenvalue weighted by molar-refractivity contribution is 7.99. The molecule has 0 saturated carbocycles. The Hall–Kier alpha value is -1.45. The number of carbonyl (C=O) groups is 2. The van der Waals surface area contributed by atoms with Gasteiger partial charge < -0.3 is 10.6 Å². The molecule has 1 aliphatic rings. The maximum atomic E-state index is 12.1. The number of amides is 2. The molecule has 1 aromatic rings. The third-order valence-corrected chi connectivity index (χ3v) is 4.18. The van der Waals surface area contributed by atoms with Gasteiger partial charge in [0.05, 0.1) is 6.04 Å². The highest BCUT2D eigenvalue weighted by Gasteiger charge is 2.28. The quantitative estimate of drug-likeness (QED) is 0.746. The minimum absolute atomic E-state index is 0. The fourth-order valence-electron chi connectivity index (χ4n) is 1.96. The van der Waals surface area contributed by atoms with E-state index < -0.39 is 18.6 Å². The zero-order valence-electron chi connectivity index (χ0n) is 12.7. The largest absolute Gasteiger partial charge is 0.405 e. The summed E-state index contributed by atoms with van der Waals surface area (Å²) in [5, 5.41) is 7.52. The zero-order chi connectivity index (χ0) is 17.0. The van der Waals surface area contributed by atoms with Crippen molar-refractivity contribution in [2.75, 3.05) is 23.5 Å². The molecule has 134 valence electrons. The van der Waals surface area contributed by atoms with Crippen molar-refractivity contribution in [2.24, 2.45) is 0 Å². The molecule has 3 N–H and O–H groups in total. The summed E-state index contributed by atoms with van der Waals surface area (Å²) in [5.41, 5.74) is 1.19. The molecular formula is C14H17ClF3N3O2S. The molecule has 2 rings (SSSR count). The number of aryl methyl sites for hydroxylation is 1. The molecule has 0 aliphatic carbocycles. The van der Waals surface area contributed by atoms with Crippen molar-refractivity contribution in [3.63, 3.8) is 0 Å². The van der Waals surface area contributed by atoms with Crippen molar-refractivity contribution in [2.45, 2.75) is 19.1 Å². The lowest BCUT2D eigenvalue weighted by molar-refractivity contribution is -0.123. The summed E-state index contributed by atoms with van der Waals surface area (Å²) in [6.45, 7) is 0.342. The van der Waals surface area contributed by atoms with Gasteiger partial charge in [-0.05, 0) is 24.6 Å². The summed E-state index contributed by atoms with van der Waals surface area (Å²) in [5.74, 6) is 0.270. The molecule has 1 unspecified atom stereocenters. The maximum Gasteiger partial charge on any atom is 0.405 e. The second-order valence-corrected chi connectivity index (χ2v) is 6.12. The van der Waals surface area contributed by atoms with E-state index in [1.165, 1.54) is 12.1 Å². The second kappa shape index (κ2) is 8.59. The summed E-state index contributed by atoms with van der Waals surface area (Å²) in [6.07, 6.45) is -4.47. The second-order valence-electron chi connectivity index (χ2n) is 5.09. The number of hydrogen-bond donors (Lipinski definition) is 3. The number of benzene rings is 1. The first-order valence-corrected chi connectivity index (χ1v) is 7.99. The van der Waals surface area contributed by atoms with Gasteiger partial charge in [-0.2, -0.15) is 13.2 Å². The Morgan fingerprint density at radius 3 is 2.67 bits per heavy atom. The Morgan fingerprint density at radius 1 is 1.38 bits per heavy atom. The standard InChI is InChI=1S/C14H16F3N3O2S.ClH/c1-8-2-3-9(12(21)18-6-14(15,16)17)4-10(8)20-13(22)11-5-23-7-19-11;/h2-4,11,19H,5-7H2,1H3,(H,18,21)(H,20,22);1H. The molecule has 1 saturated heterocycles. The monoisotopic (exact) mass is 383 g/mol. The van der Waals surface area contributed by atoms with E-state index in [9.17, 15) is 22.8 Å². The van der Waals surface area contributed by atoms with Crippen molar-refractivity contribution in [3.8, 4) is 0 Å². The van der Waals surface area contributed by atoms with Gasteiger partial charge in [0.2, 0.25) is 5.91 Å². The molecule has 0 aromatic heterocycles. The van der Waals surface area contributed by atoms with Gasteiger partial charge in [-0.15, -0.1) is 24.2 Å². The Balaban J connectivity index is 0.00000288. The summed E-state index contributed by atoms with van der Waals surface area (Å²) >= 11 is 1.60. The fourth-order valence-corrected chi connectivity index (χ4v) is 2.91. The van der Waals surface area contributed by atoms with E-state index in [2.05, 4.69) is 10.6 Å². The fraction of sp³-hybridized carbons (Fsp3) is 0.429. The van der Waals surface area contributed by atoms with E-state index in [4.69, 9.17) is 0 Å². The van der Waals surface area contributed by atoms with Gasteiger partial charge in [0.15, 0.2) is 0 Å². The number of alkyl halides is 3. The van der Waals surface area contributed by atoms with Gasteiger partial charge in [-0.25, -0.2) is 0 Å². The minimum Gasteiger partial charge on any atom is -0.343 e. The predicted octanol–water partition coefficient (Wildman–Crippen LogP) is 2.31. The molecule has 1 heterocycles. The Morgan fingerprint density at radius 2 is 2.08 bits per heavy atom. The maximum absolute atomic E-state index is 12.1. The predicted molar refractivity (Wildman–Crippen MR) is 89.7 cm³/mol. The van der Waals surface area contributed by atoms with Gasteiger partial charge in [-0.1, -0.05) is 6.07 Å². The number of nitrogens with one attached hydrogen (secondary N) is 3. The van der Waals surface area contributed by atoms with Crippen LogP contribution in [0.15, 0.2) is 18.2 Å². The van der Waals surface area contributed by atoms with Crippen molar-refractivity contribution in [1.29, 1.82) is 0 Å². The topological polar surface area (TPSA) is 70.2 Å². The first-order chi connectivity index (χ1) is 10.8. The molecule has 5 nitrogen and oxygen atoms in total. The number of halogens is 4. The van der Waals surface area contributed by atoms with Gasteiger partial charge in [0, 0.05) is 22.9 Å². The Bertz CT molecular complexity index is 607. The van der Waals surface area contributed by atoms with Gasteiger partial charge >= 0.3 is 6.18 Å². The van der Waals surface area contributed by atoms with Crippen molar-refractivity contribution in [3.05, 3.63) is 29.3 Å². The molecule has 24 heavy (non-hydrogen) atoms. The van der Waals surface area contributed by atoms with Crippen LogP contribution in [0.4, 0.5) is 18.9 Å². The van der Waals surface area contributed by atoms with Crippen LogP contribution in [0, 0.1) is 6.92 Å². The highest BCUT2D eigenvalue weighted by Crippen LogP contribution is 2.19. The molecule has 1 fully saturated rings. The first-order valence-electron chi connectivity index (χ1n) is 6.84. The summed E-state index contributed by atoms with van der Waals surface area (Å²) in [7, 11) is 0. The van der Waals surface area contributed by atoms with Crippen LogP contribution in [0.1, 0.15) is 15.9 Å². The Kier molecular flexibility index (Phi) is 7.37. The first kappa shape index (κ1) is 20.6. The van der Waals surface area contributed by atoms with Crippen LogP contribution in [0.2, 0.25) is 0 Å². The molecule has 0 bridgehead atoms. The average Bonchev–Trinajstić information content (AvgIpc) is 3.00. The van der Waals surface area contributed by atoms with Crippen LogP contribution in [0.5, 0.6) is 0 Å². The van der Waals surface area contributed by atoms with Crippen LogP contribution in [0.3, 0.4) is 0 Å². The zero-order valence-corrected chi connectivity index (χ0v) is 14.3. The number of anilines is 1. The lowest BCUT2D eigenvalue weighted by Crippen LogP contribution is -2.37. The third kappa shape index (κ3) is 5.88. The van der Waals surface area contributed by atoms with Gasteiger partial charge in [-0.3, -0.25) is 14.9 Å². The van der Waals surface area contributed by atoms with E-state index >= 15 is 0 Å². The van der Waals surface area contributed by atoms with E-state index in [0.717, 1.165) is 5.56 Å². The van der Waals surface area contributed by atoms with E-state index in [-0.39, 0.29) is 29.9 Å². The van der Waals surface area contributed by atoms with E-state index in [1.54, 1.807) is 30.1 Å². The van der Waals surface area contributed by atoms with Gasteiger partial charge in [0.1, 0.15) is 6.54 Å². The molecule has 1 aromatic carbocycles. The van der Waals surface area contributed by atoms with Crippen LogP contribution in [0.25, 0.3) is 0 Å². The third-order valence-electron chi connectivity index (χ3n) is 3.24. The number of thioether (sulfide) groups is 1. The molecule has 0 radical (unpaired) electrons. The minimum atomic E-state index is -4.47. The van der Waals surface area contributed by atoms with Crippen LogP contribution in [-0.4, -0.2) is 42.2 Å². The van der Waals surface area contributed by atoms with Gasteiger partial charge in [0.25, 0.3) is 5.91 Å². The number of carbonyl (C=O) groups excluding carboxylic acids is 2. The Labute approximate surface area is 147 Å². The number of hydrogen-bond acceptors (Lipinski definition) is 4. The lowest BCUT2D eigenvalue weighted by atomic mass is 10.1. The SMILES string of the molecule is Cc1ccc(C(=O)NCC(F)(F)F)cc1NC(=O)C1CSCN1.Cl. The molecular weight excluding hydrogens is 367 g/mol. The summed E-state index contributed by atoms with van der Waals surface area (Å²) in [4.78, 5) is 23.8. The van der Waals surface area contributed by atoms with Crippen LogP contribution < -0.4 is 16.0 Å². The van der Waals surface area contributed by atoms with E-state index in [1.807, 2.05) is 0 Å². The molecule has 2 amide bonds. The molecule has 1 atom stereocenters. The molecule has 0 spiro atoms. The van der Waals surface area contributed by atoms with Crippen LogP contribution >= 0.6 is 24.2 Å². The summed E-state index contributed by atoms with van der Waals surface area (Å²) in [6, 6.07) is 4.05. The average molecular weight is 384 g/mol. The summed E-state index contributed by atoms with van der Waals surface area (Å²) < 4.78 is 36.4. The molecule has 10 heteroatoms. The van der Waals surface area contributed by atoms with Crippen LogP contribution in [-0.2, 0) is 4.79 Å².